The number of carbonyl (C=O) groups excluding carboxylic acids is 3. The van der Waals surface area contributed by atoms with Crippen molar-refractivity contribution in [2.24, 2.45) is 0 Å². The van der Waals surface area contributed by atoms with Crippen molar-refractivity contribution < 1.29 is 14.4 Å². The summed E-state index contributed by atoms with van der Waals surface area (Å²) in [5.41, 5.74) is 0.455. The van der Waals surface area contributed by atoms with E-state index < -0.39 is 5.54 Å². The largest absolute Gasteiger partial charge is 0.329 e. The van der Waals surface area contributed by atoms with Crippen LogP contribution in [0.1, 0.15) is 30.3 Å². The smallest absolute Gasteiger partial charge is 0.323 e. The van der Waals surface area contributed by atoms with Crippen molar-refractivity contribution in [2.45, 2.75) is 38.8 Å². The number of amides is 4. The Kier molecular flexibility index (Phi) is 5.05. The van der Waals surface area contributed by atoms with Gasteiger partial charge in [-0.2, -0.15) is 0 Å². The molecule has 0 saturated carbocycles. The second kappa shape index (κ2) is 7.53. The third-order valence-electron chi connectivity index (χ3n) is 5.23. The minimum absolute atomic E-state index is 0.143. The predicted molar refractivity (Wildman–Crippen MR) is 109 cm³/mol. The first-order valence-corrected chi connectivity index (χ1v) is 10.2. The van der Waals surface area contributed by atoms with E-state index in [1.807, 2.05) is 6.92 Å². The number of anilines is 2. The Labute approximate surface area is 172 Å². The molecule has 2 aliphatic rings. The van der Waals surface area contributed by atoms with Gasteiger partial charge in [0.15, 0.2) is 5.13 Å². The number of thiazole rings is 1. The number of imide groups is 1. The van der Waals surface area contributed by atoms with Gasteiger partial charge in [-0.1, -0.05) is 0 Å². The zero-order chi connectivity index (χ0) is 20.6. The predicted octanol–water partition coefficient (Wildman–Crippen LogP) is 1.90. The third kappa shape index (κ3) is 3.85. The van der Waals surface area contributed by atoms with Crippen molar-refractivity contribution in [1.82, 2.24) is 20.2 Å². The lowest BCUT2D eigenvalue weighted by Gasteiger charge is -2.37. The second-order valence-corrected chi connectivity index (χ2v) is 8.51. The first kappa shape index (κ1) is 19.5. The van der Waals surface area contributed by atoms with Gasteiger partial charge < -0.3 is 10.6 Å². The van der Waals surface area contributed by atoms with E-state index in [0.717, 1.165) is 10.6 Å². The van der Waals surface area contributed by atoms with Gasteiger partial charge in [0.2, 0.25) is 5.91 Å². The number of hydrogen-bond donors (Lipinski definition) is 2. The minimum Gasteiger partial charge on any atom is -0.323 e. The van der Waals surface area contributed by atoms with Gasteiger partial charge in [-0.15, -0.1) is 11.3 Å². The van der Waals surface area contributed by atoms with Crippen LogP contribution in [0.4, 0.5) is 15.6 Å². The van der Waals surface area contributed by atoms with Crippen LogP contribution in [0.2, 0.25) is 0 Å². The average molecular weight is 414 g/mol. The van der Waals surface area contributed by atoms with E-state index in [-0.39, 0.29) is 17.8 Å². The van der Waals surface area contributed by atoms with Crippen LogP contribution in [0.15, 0.2) is 24.5 Å². The summed E-state index contributed by atoms with van der Waals surface area (Å²) >= 11 is 1.44. The van der Waals surface area contributed by atoms with Crippen LogP contribution in [0.3, 0.4) is 0 Å². The fraction of sp³-hybridized carbons (Fsp3) is 0.421. The molecule has 152 valence electrons. The number of aromatic nitrogens is 2. The van der Waals surface area contributed by atoms with Crippen molar-refractivity contribution in [3.05, 3.63) is 35.1 Å². The van der Waals surface area contributed by atoms with Crippen LogP contribution < -0.4 is 15.5 Å². The number of nitrogens with zero attached hydrogens (tertiary/aromatic N) is 4. The maximum atomic E-state index is 13.1. The number of likely N-dealkylation sites (tertiary alicyclic amines) is 1. The van der Waals surface area contributed by atoms with E-state index in [2.05, 4.69) is 25.5 Å². The molecule has 29 heavy (non-hydrogen) atoms. The van der Waals surface area contributed by atoms with Crippen molar-refractivity contribution >= 4 is 40.0 Å². The molecule has 0 unspecified atom stereocenters. The van der Waals surface area contributed by atoms with Crippen molar-refractivity contribution in [1.29, 1.82) is 0 Å². The molecule has 4 amide bonds. The number of urea groups is 1. The maximum Gasteiger partial charge on any atom is 0.329 e. The molecule has 2 fully saturated rings. The van der Waals surface area contributed by atoms with Gasteiger partial charge in [0.1, 0.15) is 5.54 Å². The highest BCUT2D eigenvalue weighted by atomic mass is 32.1. The summed E-state index contributed by atoms with van der Waals surface area (Å²) in [4.78, 5) is 49.6. The highest BCUT2D eigenvalue weighted by Crippen LogP contribution is 2.33. The van der Waals surface area contributed by atoms with Crippen LogP contribution in [0.5, 0.6) is 0 Å². The fourth-order valence-corrected chi connectivity index (χ4v) is 4.67. The third-order valence-corrected chi connectivity index (χ3v) is 6.12. The molecule has 4 rings (SSSR count). The summed E-state index contributed by atoms with van der Waals surface area (Å²) in [5, 5.41) is 6.20. The summed E-state index contributed by atoms with van der Waals surface area (Å²) in [6.07, 6.45) is 4.46. The molecule has 2 saturated heterocycles. The number of piperidine rings is 1. The van der Waals surface area contributed by atoms with Crippen LogP contribution in [0.25, 0.3) is 0 Å². The quantitative estimate of drug-likeness (QED) is 0.740. The first-order chi connectivity index (χ1) is 13.9. The Morgan fingerprint density at radius 1 is 1.31 bits per heavy atom. The van der Waals surface area contributed by atoms with E-state index in [1.54, 1.807) is 24.5 Å². The molecule has 2 aromatic rings. The number of pyridine rings is 1. The number of nitrogens with one attached hydrogen (secondary N) is 2. The van der Waals surface area contributed by atoms with Gasteiger partial charge in [-0.05, 0) is 31.9 Å². The number of hydrogen-bond acceptors (Lipinski definition) is 7. The maximum absolute atomic E-state index is 13.1. The highest BCUT2D eigenvalue weighted by molar-refractivity contribution is 7.15. The van der Waals surface area contributed by atoms with Crippen molar-refractivity contribution in [2.75, 3.05) is 23.3 Å². The monoisotopic (exact) mass is 414 g/mol. The summed E-state index contributed by atoms with van der Waals surface area (Å²) in [5.74, 6) is -0.339. The Balaban J connectivity index is 1.41. The van der Waals surface area contributed by atoms with Crippen molar-refractivity contribution in [3.8, 4) is 0 Å². The SMILES string of the molecule is CC(=O)Nc1ncc(CN2CCC3(CC2)NC(=O)N(c2ccnc(C)c2)C3=O)s1. The summed E-state index contributed by atoms with van der Waals surface area (Å²) in [7, 11) is 0. The lowest BCUT2D eigenvalue weighted by Crippen LogP contribution is -2.54. The van der Waals surface area contributed by atoms with Crippen LogP contribution in [0, 0.1) is 6.92 Å². The second-order valence-electron chi connectivity index (χ2n) is 7.40. The molecule has 2 aromatic heterocycles. The standard InChI is InChI=1S/C19H22N6O3S/c1-12-9-14(3-6-20-12)25-16(27)19(23-18(25)28)4-7-24(8-5-19)11-15-10-21-17(29-15)22-13(2)26/h3,6,9-10H,4-5,7-8,11H2,1-2H3,(H,23,28)(H,21,22,26). The number of aryl methyl sites for hydroxylation is 1. The van der Waals surface area contributed by atoms with Gasteiger partial charge in [0.05, 0.1) is 5.69 Å². The van der Waals surface area contributed by atoms with Crippen molar-refractivity contribution in [3.63, 3.8) is 0 Å². The summed E-state index contributed by atoms with van der Waals surface area (Å²) in [6, 6.07) is 3.04. The summed E-state index contributed by atoms with van der Waals surface area (Å²) in [6.45, 7) is 5.34. The fourth-order valence-electron chi connectivity index (χ4n) is 3.77. The van der Waals surface area contributed by atoms with E-state index >= 15 is 0 Å². The molecule has 0 bridgehead atoms. The number of carbonyl (C=O) groups is 3. The highest BCUT2D eigenvalue weighted by Gasteiger charge is 2.52. The molecule has 2 N–H and O–H groups in total. The molecule has 2 aliphatic heterocycles. The van der Waals surface area contributed by atoms with Gasteiger partial charge in [-0.25, -0.2) is 14.7 Å². The van der Waals surface area contributed by atoms with Gasteiger partial charge in [0.25, 0.3) is 5.91 Å². The molecule has 9 nitrogen and oxygen atoms in total. The van der Waals surface area contributed by atoms with E-state index in [1.165, 1.54) is 23.2 Å². The molecule has 0 aliphatic carbocycles. The van der Waals surface area contributed by atoms with Crippen LogP contribution >= 0.6 is 11.3 Å². The molecule has 4 heterocycles. The summed E-state index contributed by atoms with van der Waals surface area (Å²) < 4.78 is 0. The Morgan fingerprint density at radius 3 is 2.76 bits per heavy atom. The van der Waals surface area contributed by atoms with E-state index in [0.29, 0.717) is 43.3 Å². The lowest BCUT2D eigenvalue weighted by molar-refractivity contribution is -0.123. The zero-order valence-corrected chi connectivity index (χ0v) is 17.1. The molecule has 10 heteroatoms. The molecule has 1 spiro atoms. The minimum atomic E-state index is -0.847. The normalized spacial score (nSPS) is 18.9. The lowest BCUT2D eigenvalue weighted by atomic mass is 9.87. The molecular weight excluding hydrogens is 392 g/mol. The average Bonchev–Trinajstić information content (AvgIpc) is 3.19. The number of rotatable bonds is 4. The topological polar surface area (TPSA) is 108 Å². The Bertz CT molecular complexity index is 966. The zero-order valence-electron chi connectivity index (χ0n) is 16.3. The van der Waals surface area contributed by atoms with Crippen LogP contribution in [-0.4, -0.2) is 51.3 Å². The van der Waals surface area contributed by atoms with E-state index in [9.17, 15) is 14.4 Å². The van der Waals surface area contributed by atoms with Gasteiger partial charge in [-0.3, -0.25) is 19.5 Å². The van der Waals surface area contributed by atoms with Crippen LogP contribution in [-0.2, 0) is 16.1 Å². The molecular formula is C19H22N6O3S. The molecule has 0 aromatic carbocycles. The van der Waals surface area contributed by atoms with Gasteiger partial charge in [0, 0.05) is 49.5 Å². The molecule has 0 radical (unpaired) electrons. The first-order valence-electron chi connectivity index (χ1n) is 9.40. The molecule has 0 atom stereocenters. The van der Waals surface area contributed by atoms with E-state index in [4.69, 9.17) is 0 Å². The van der Waals surface area contributed by atoms with Gasteiger partial charge >= 0.3 is 6.03 Å². The Morgan fingerprint density at radius 2 is 2.07 bits per heavy atom. The Hall–Kier alpha value is -2.85.